The third-order valence-corrected chi connectivity index (χ3v) is 7.25. The van der Waals surface area contributed by atoms with Crippen LogP contribution in [0.1, 0.15) is 31.2 Å². The minimum atomic E-state index is -3.75. The number of primary amides is 1. The number of thiophene rings is 1. The van der Waals surface area contributed by atoms with Crippen LogP contribution in [0.2, 0.25) is 0 Å². The molecule has 0 aliphatic rings. The van der Waals surface area contributed by atoms with Gasteiger partial charge in [0.05, 0.1) is 10.5 Å². The maximum atomic E-state index is 12.7. The molecule has 0 fully saturated rings. The van der Waals surface area contributed by atoms with Gasteiger partial charge in [0.2, 0.25) is 10.0 Å². The van der Waals surface area contributed by atoms with Crippen molar-refractivity contribution in [2.45, 2.75) is 18.7 Å². The lowest BCUT2D eigenvalue weighted by atomic mass is 10.1. The zero-order chi connectivity index (χ0) is 21.8. The van der Waals surface area contributed by atoms with Crippen molar-refractivity contribution >= 4 is 38.2 Å². The summed E-state index contributed by atoms with van der Waals surface area (Å²) >= 11 is 1.26. The van der Waals surface area contributed by atoms with E-state index in [0.29, 0.717) is 5.00 Å². The molecule has 0 aliphatic carbocycles. The van der Waals surface area contributed by atoms with E-state index in [1.54, 1.807) is 6.92 Å². The smallest absolute Gasteiger partial charge is 0.256 e. The van der Waals surface area contributed by atoms with Crippen molar-refractivity contribution in [3.8, 4) is 0 Å². The molecular formula is C20H23N3O4S2. The largest absolute Gasteiger partial charge is 0.365 e. The normalized spacial score (nSPS) is 11.3. The number of hydrogen-bond acceptors (Lipinski definition) is 5. The minimum absolute atomic E-state index is 0.0541. The van der Waals surface area contributed by atoms with Gasteiger partial charge >= 0.3 is 0 Å². The molecule has 0 bridgehead atoms. The second-order valence-corrected chi connectivity index (χ2v) is 9.39. The molecule has 1 aromatic carbocycles. The number of carbonyl (C=O) groups is 2. The monoisotopic (exact) mass is 433 g/mol. The Morgan fingerprint density at radius 1 is 1.14 bits per heavy atom. The Labute approximate surface area is 174 Å². The highest BCUT2D eigenvalue weighted by atomic mass is 32.2. The second-order valence-electron chi connectivity index (χ2n) is 6.23. The number of amides is 2. The molecule has 29 heavy (non-hydrogen) atoms. The first-order valence-electron chi connectivity index (χ1n) is 8.66. The molecule has 0 atom stereocenters. The van der Waals surface area contributed by atoms with Crippen LogP contribution in [-0.4, -0.2) is 37.6 Å². The van der Waals surface area contributed by atoms with Gasteiger partial charge in [0.25, 0.3) is 11.8 Å². The van der Waals surface area contributed by atoms with Crippen LogP contribution < -0.4 is 11.1 Å². The molecule has 154 valence electrons. The average molecular weight is 434 g/mol. The first-order chi connectivity index (χ1) is 13.6. The van der Waals surface area contributed by atoms with Gasteiger partial charge in [-0.05, 0) is 43.7 Å². The van der Waals surface area contributed by atoms with Crippen molar-refractivity contribution in [3.05, 3.63) is 71.1 Å². The molecule has 2 rings (SSSR count). The van der Waals surface area contributed by atoms with E-state index in [-0.39, 0.29) is 29.1 Å². The van der Waals surface area contributed by atoms with Crippen molar-refractivity contribution in [1.82, 2.24) is 4.31 Å². The predicted molar refractivity (Wildman–Crippen MR) is 116 cm³/mol. The molecule has 9 heteroatoms. The number of rotatable bonds is 9. The van der Waals surface area contributed by atoms with Gasteiger partial charge in [-0.15, -0.1) is 24.5 Å². The molecule has 0 saturated carbocycles. The van der Waals surface area contributed by atoms with Gasteiger partial charge < -0.3 is 11.1 Å². The van der Waals surface area contributed by atoms with E-state index in [4.69, 9.17) is 5.73 Å². The molecular weight excluding hydrogens is 410 g/mol. The van der Waals surface area contributed by atoms with Crippen molar-refractivity contribution < 1.29 is 18.0 Å². The standard InChI is InChI=1S/C20H23N3O4S2/c1-5-11-23(12-6-2)29(26,27)16-9-7-15(8-10-16)19(25)22-20-17(18(21)24)13(3)14(4)28-20/h5-10H,1-2,11-12H2,3-4H3,(H2,21,24)(H,22,25). The Balaban J connectivity index is 2.27. The van der Waals surface area contributed by atoms with Crippen LogP contribution in [-0.2, 0) is 10.0 Å². The third kappa shape index (κ3) is 4.81. The molecule has 7 nitrogen and oxygen atoms in total. The number of benzene rings is 1. The number of hydrogen-bond donors (Lipinski definition) is 2. The molecule has 2 amide bonds. The summed E-state index contributed by atoms with van der Waals surface area (Å²) in [6.07, 6.45) is 2.98. The highest BCUT2D eigenvalue weighted by molar-refractivity contribution is 7.89. The van der Waals surface area contributed by atoms with Crippen LogP contribution in [0.3, 0.4) is 0 Å². The lowest BCUT2D eigenvalue weighted by molar-refractivity contribution is 0.100. The van der Waals surface area contributed by atoms with Crippen LogP contribution in [0.5, 0.6) is 0 Å². The van der Waals surface area contributed by atoms with Gasteiger partial charge in [0.15, 0.2) is 0 Å². The number of nitrogens with one attached hydrogen (secondary N) is 1. The first kappa shape index (κ1) is 22.5. The summed E-state index contributed by atoms with van der Waals surface area (Å²) in [5.74, 6) is -1.08. The number of nitrogens with zero attached hydrogens (tertiary/aromatic N) is 1. The van der Waals surface area contributed by atoms with E-state index in [0.717, 1.165) is 10.4 Å². The maximum absolute atomic E-state index is 12.7. The van der Waals surface area contributed by atoms with Gasteiger partial charge in [0, 0.05) is 23.5 Å². The molecule has 2 aromatic rings. The third-order valence-electron chi connectivity index (χ3n) is 4.28. The quantitative estimate of drug-likeness (QED) is 0.592. The van der Waals surface area contributed by atoms with Gasteiger partial charge in [-0.3, -0.25) is 9.59 Å². The molecule has 0 aliphatic heterocycles. The summed E-state index contributed by atoms with van der Waals surface area (Å²) in [6.45, 7) is 11.0. The van der Waals surface area contributed by atoms with E-state index in [1.807, 2.05) is 6.92 Å². The van der Waals surface area contributed by atoms with Crippen molar-refractivity contribution in [1.29, 1.82) is 0 Å². The molecule has 0 saturated heterocycles. The van der Waals surface area contributed by atoms with Crippen molar-refractivity contribution in [2.75, 3.05) is 18.4 Å². The molecule has 1 aromatic heterocycles. The Morgan fingerprint density at radius 3 is 2.17 bits per heavy atom. The van der Waals surface area contributed by atoms with Crippen LogP contribution in [0.15, 0.2) is 54.5 Å². The summed E-state index contributed by atoms with van der Waals surface area (Å²) in [6, 6.07) is 5.56. The highest BCUT2D eigenvalue weighted by Gasteiger charge is 2.23. The second kappa shape index (κ2) is 9.17. The zero-order valence-electron chi connectivity index (χ0n) is 16.3. The fourth-order valence-electron chi connectivity index (χ4n) is 2.67. The lowest BCUT2D eigenvalue weighted by Gasteiger charge is -2.19. The Morgan fingerprint density at radius 2 is 1.69 bits per heavy atom. The predicted octanol–water partition coefficient (Wildman–Crippen LogP) is 3.08. The average Bonchev–Trinajstić information content (AvgIpc) is 2.95. The Kier molecular flexibility index (Phi) is 7.12. The van der Waals surface area contributed by atoms with Gasteiger partial charge in [-0.1, -0.05) is 12.2 Å². The van der Waals surface area contributed by atoms with E-state index in [2.05, 4.69) is 18.5 Å². The van der Waals surface area contributed by atoms with Crippen LogP contribution in [0.25, 0.3) is 0 Å². The summed E-state index contributed by atoms with van der Waals surface area (Å²) in [4.78, 5) is 25.2. The van der Waals surface area contributed by atoms with Gasteiger partial charge in [0.1, 0.15) is 5.00 Å². The maximum Gasteiger partial charge on any atom is 0.256 e. The lowest BCUT2D eigenvalue weighted by Crippen LogP contribution is -2.31. The first-order valence-corrected chi connectivity index (χ1v) is 10.9. The number of sulfonamides is 1. The van der Waals surface area contributed by atoms with Crippen LogP contribution in [0.4, 0.5) is 5.00 Å². The van der Waals surface area contributed by atoms with E-state index >= 15 is 0 Å². The van der Waals surface area contributed by atoms with Gasteiger partial charge in [-0.2, -0.15) is 4.31 Å². The van der Waals surface area contributed by atoms with Crippen molar-refractivity contribution in [3.63, 3.8) is 0 Å². The zero-order valence-corrected chi connectivity index (χ0v) is 17.9. The molecule has 3 N–H and O–H groups in total. The van der Waals surface area contributed by atoms with E-state index < -0.39 is 21.8 Å². The Bertz CT molecular complexity index is 1040. The number of carbonyl (C=O) groups excluding carboxylic acids is 2. The summed E-state index contributed by atoms with van der Waals surface area (Å²) < 4.78 is 26.7. The molecule has 1 heterocycles. The molecule has 0 unspecified atom stereocenters. The molecule has 0 spiro atoms. The highest BCUT2D eigenvalue weighted by Crippen LogP contribution is 2.32. The fraction of sp³-hybridized carbons (Fsp3) is 0.200. The molecule has 0 radical (unpaired) electrons. The number of anilines is 1. The summed E-state index contributed by atoms with van der Waals surface area (Å²) in [5, 5.41) is 3.06. The summed E-state index contributed by atoms with van der Waals surface area (Å²) in [7, 11) is -3.75. The summed E-state index contributed by atoms with van der Waals surface area (Å²) in [5.41, 5.74) is 6.68. The van der Waals surface area contributed by atoms with Crippen molar-refractivity contribution in [2.24, 2.45) is 5.73 Å². The van der Waals surface area contributed by atoms with E-state index in [9.17, 15) is 18.0 Å². The minimum Gasteiger partial charge on any atom is -0.365 e. The topological polar surface area (TPSA) is 110 Å². The Hall–Kier alpha value is -2.75. The van der Waals surface area contributed by atoms with E-state index in [1.165, 1.54) is 52.1 Å². The van der Waals surface area contributed by atoms with Crippen LogP contribution in [0, 0.1) is 13.8 Å². The van der Waals surface area contributed by atoms with Gasteiger partial charge in [-0.25, -0.2) is 8.42 Å². The SMILES string of the molecule is C=CCN(CC=C)S(=O)(=O)c1ccc(C(=O)Nc2sc(C)c(C)c2C(N)=O)cc1. The number of nitrogens with two attached hydrogens (primary N) is 1. The number of aryl methyl sites for hydroxylation is 1. The fourth-order valence-corrected chi connectivity index (χ4v) is 5.12. The van der Waals surface area contributed by atoms with Crippen LogP contribution >= 0.6 is 11.3 Å².